The van der Waals surface area contributed by atoms with E-state index in [4.69, 9.17) is 0 Å². The summed E-state index contributed by atoms with van der Waals surface area (Å²) in [6.45, 7) is -0.304. The fourth-order valence-corrected chi connectivity index (χ4v) is 2.34. The van der Waals surface area contributed by atoms with Gasteiger partial charge >= 0.3 is 10.2 Å². The maximum absolute atomic E-state index is 12.8. The normalized spacial score (nSPS) is 20.9. The Bertz CT molecular complexity index is 561. The monoisotopic (exact) mass is 262 g/mol. The van der Waals surface area contributed by atoms with E-state index in [0.717, 1.165) is 17.2 Å². The summed E-state index contributed by atoms with van der Waals surface area (Å²) in [4.78, 5) is 15.8. The van der Waals surface area contributed by atoms with Crippen LogP contribution in [-0.4, -0.2) is 31.1 Å². The minimum absolute atomic E-state index is 0.175. The lowest BCUT2D eigenvalue weighted by Gasteiger charge is -2.15. The molecule has 1 amide bonds. The van der Waals surface area contributed by atoms with Crippen LogP contribution in [0.5, 0.6) is 0 Å². The number of nitrogens with zero attached hydrogens (tertiary/aromatic N) is 2. The van der Waals surface area contributed by atoms with Gasteiger partial charge in [0.25, 0.3) is 0 Å². The highest BCUT2D eigenvalue weighted by Gasteiger charge is 2.39. The van der Waals surface area contributed by atoms with Crippen molar-refractivity contribution in [2.45, 2.75) is 11.7 Å². The van der Waals surface area contributed by atoms with E-state index in [1.54, 1.807) is 0 Å². The first kappa shape index (κ1) is 11.9. The van der Waals surface area contributed by atoms with E-state index in [2.05, 4.69) is 4.98 Å². The van der Waals surface area contributed by atoms with Gasteiger partial charge in [-0.25, -0.2) is 4.98 Å². The Balaban J connectivity index is 2.28. The fourth-order valence-electron chi connectivity index (χ4n) is 1.67. The van der Waals surface area contributed by atoms with Crippen LogP contribution in [0.25, 0.3) is 0 Å². The molecule has 0 N–H and O–H groups in total. The van der Waals surface area contributed by atoms with E-state index in [1.165, 1.54) is 6.07 Å². The van der Waals surface area contributed by atoms with Gasteiger partial charge in [-0.3, -0.25) is 4.79 Å². The zero-order chi connectivity index (χ0) is 12.6. The van der Waals surface area contributed by atoms with Gasteiger partial charge in [0.2, 0.25) is 11.9 Å². The van der Waals surface area contributed by atoms with E-state index in [-0.39, 0.29) is 12.2 Å². The molecule has 0 aromatic carbocycles. The molecular formula is C9H8F2N2O3S. The van der Waals surface area contributed by atoms with Gasteiger partial charge in [0, 0.05) is 30.9 Å². The van der Waals surface area contributed by atoms with Crippen molar-refractivity contribution in [1.82, 2.24) is 4.98 Å². The van der Waals surface area contributed by atoms with Crippen molar-refractivity contribution >= 4 is 21.8 Å². The molecule has 1 aliphatic heterocycles. The highest BCUT2D eigenvalue weighted by molar-refractivity contribution is 7.87. The van der Waals surface area contributed by atoms with Crippen LogP contribution in [0.2, 0.25) is 0 Å². The minimum Gasteiger partial charge on any atom is -0.311 e. The number of halogens is 2. The van der Waals surface area contributed by atoms with Crippen LogP contribution in [-0.2, 0) is 15.0 Å². The first-order chi connectivity index (χ1) is 7.88. The van der Waals surface area contributed by atoms with Crippen LogP contribution in [0.4, 0.5) is 14.0 Å². The summed E-state index contributed by atoms with van der Waals surface area (Å²) in [6.07, 6.45) is 0.720. The molecule has 0 spiro atoms. The summed E-state index contributed by atoms with van der Waals surface area (Å²) in [5.74, 6) is -1.34. The second kappa shape index (κ2) is 4.02. The minimum atomic E-state index is -4.76. The molecule has 5 nitrogen and oxygen atoms in total. The van der Waals surface area contributed by atoms with E-state index in [0.29, 0.717) is 0 Å². The fraction of sp³-hybridized carbons (Fsp3) is 0.333. The average Bonchev–Trinajstić information content (AvgIpc) is 2.60. The summed E-state index contributed by atoms with van der Waals surface area (Å²) in [5, 5.41) is -1.38. The lowest BCUT2D eigenvalue weighted by molar-refractivity contribution is -0.117. The second-order valence-corrected chi connectivity index (χ2v) is 5.26. The van der Waals surface area contributed by atoms with Crippen LogP contribution in [0.15, 0.2) is 18.3 Å². The predicted octanol–water partition coefficient (Wildman–Crippen LogP) is 0.625. The molecule has 1 aliphatic rings. The van der Waals surface area contributed by atoms with E-state index >= 15 is 0 Å². The van der Waals surface area contributed by atoms with Crippen molar-refractivity contribution in [2.24, 2.45) is 0 Å². The molecule has 2 heterocycles. The third kappa shape index (κ3) is 2.41. The molecule has 1 aromatic rings. The summed E-state index contributed by atoms with van der Waals surface area (Å²) in [7, 11) is -4.76. The van der Waals surface area contributed by atoms with Gasteiger partial charge in [-0.05, 0) is 6.07 Å². The molecule has 8 heteroatoms. The molecular weight excluding hydrogens is 254 g/mol. The quantitative estimate of drug-likeness (QED) is 0.579. The molecule has 1 unspecified atom stereocenters. The molecule has 1 atom stereocenters. The summed E-state index contributed by atoms with van der Waals surface area (Å²) < 4.78 is 47.0. The number of carbonyl (C=O) groups excluding carboxylic acids is 1. The van der Waals surface area contributed by atoms with Crippen LogP contribution in [0.3, 0.4) is 0 Å². The van der Waals surface area contributed by atoms with E-state index in [1.807, 2.05) is 0 Å². The zero-order valence-electron chi connectivity index (χ0n) is 8.51. The van der Waals surface area contributed by atoms with Gasteiger partial charge in [0.15, 0.2) is 0 Å². The van der Waals surface area contributed by atoms with Gasteiger partial charge in [-0.15, -0.1) is 3.89 Å². The standard InChI is InChI=1S/C9H8F2N2O3S/c10-8-3-6(1-2-12-8)13-5-7(4-9(13)14)17(11,15)16/h1-3,7H,4-5H2. The van der Waals surface area contributed by atoms with E-state index < -0.39 is 33.7 Å². The van der Waals surface area contributed by atoms with Crippen molar-refractivity contribution < 1.29 is 21.5 Å². The van der Waals surface area contributed by atoms with Gasteiger partial charge in [-0.2, -0.15) is 12.8 Å². The highest BCUT2D eigenvalue weighted by Crippen LogP contribution is 2.25. The van der Waals surface area contributed by atoms with Crippen molar-refractivity contribution in [1.29, 1.82) is 0 Å². The molecule has 0 aliphatic carbocycles. The number of pyridine rings is 1. The molecule has 1 fully saturated rings. The molecule has 92 valence electrons. The van der Waals surface area contributed by atoms with Gasteiger partial charge in [0.1, 0.15) is 5.25 Å². The molecule has 0 bridgehead atoms. The number of aromatic nitrogens is 1. The Morgan fingerprint density at radius 3 is 2.71 bits per heavy atom. The Morgan fingerprint density at radius 2 is 2.18 bits per heavy atom. The lowest BCUT2D eigenvalue weighted by Crippen LogP contribution is -2.27. The number of anilines is 1. The topological polar surface area (TPSA) is 67.3 Å². The molecule has 1 aromatic heterocycles. The van der Waals surface area contributed by atoms with Gasteiger partial charge < -0.3 is 4.90 Å². The smallest absolute Gasteiger partial charge is 0.307 e. The van der Waals surface area contributed by atoms with Crippen LogP contribution in [0.1, 0.15) is 6.42 Å². The average molecular weight is 262 g/mol. The van der Waals surface area contributed by atoms with Gasteiger partial charge in [-0.1, -0.05) is 0 Å². The molecule has 0 radical (unpaired) electrons. The van der Waals surface area contributed by atoms with Crippen molar-refractivity contribution in [3.05, 3.63) is 24.3 Å². The largest absolute Gasteiger partial charge is 0.311 e. The Morgan fingerprint density at radius 1 is 1.47 bits per heavy atom. The Labute approximate surface area is 96.3 Å². The third-order valence-electron chi connectivity index (χ3n) is 2.51. The first-order valence-electron chi connectivity index (χ1n) is 4.73. The first-order valence-corrected chi connectivity index (χ1v) is 6.18. The van der Waals surface area contributed by atoms with E-state index in [9.17, 15) is 21.5 Å². The SMILES string of the molecule is O=C1CC(S(=O)(=O)F)CN1c1ccnc(F)c1. The molecule has 17 heavy (non-hydrogen) atoms. The maximum atomic E-state index is 12.8. The number of rotatable bonds is 2. The molecule has 2 rings (SSSR count). The van der Waals surface area contributed by atoms with Gasteiger partial charge in [0.05, 0.1) is 0 Å². The van der Waals surface area contributed by atoms with Crippen molar-refractivity contribution in [3.8, 4) is 0 Å². The Hall–Kier alpha value is -1.57. The van der Waals surface area contributed by atoms with Crippen molar-refractivity contribution in [3.63, 3.8) is 0 Å². The van der Waals surface area contributed by atoms with Crippen molar-refractivity contribution in [2.75, 3.05) is 11.4 Å². The van der Waals surface area contributed by atoms with Crippen LogP contribution < -0.4 is 4.90 Å². The lowest BCUT2D eigenvalue weighted by atomic mass is 10.3. The summed E-state index contributed by atoms with van der Waals surface area (Å²) >= 11 is 0. The zero-order valence-corrected chi connectivity index (χ0v) is 9.32. The summed E-state index contributed by atoms with van der Waals surface area (Å²) in [6, 6.07) is 2.35. The summed E-state index contributed by atoms with van der Waals surface area (Å²) in [5.41, 5.74) is 0.175. The number of carbonyl (C=O) groups is 1. The highest BCUT2D eigenvalue weighted by atomic mass is 32.3. The van der Waals surface area contributed by atoms with Crippen LogP contribution >= 0.6 is 0 Å². The number of hydrogen-bond acceptors (Lipinski definition) is 4. The molecule has 1 saturated heterocycles. The second-order valence-electron chi connectivity index (χ2n) is 3.64. The Kier molecular flexibility index (Phi) is 2.82. The maximum Gasteiger partial charge on any atom is 0.307 e. The molecule has 0 saturated carbocycles. The number of amides is 1. The predicted molar refractivity (Wildman–Crippen MR) is 55.0 cm³/mol. The van der Waals surface area contributed by atoms with Crippen LogP contribution in [0, 0.1) is 5.95 Å². The third-order valence-corrected chi connectivity index (χ3v) is 3.62. The number of hydrogen-bond donors (Lipinski definition) is 0.